The van der Waals surface area contributed by atoms with Gasteiger partial charge in [-0.05, 0) is 23.3 Å². The summed E-state index contributed by atoms with van der Waals surface area (Å²) in [5.41, 5.74) is 0.200. The highest BCUT2D eigenvalue weighted by Gasteiger charge is 2.30. The van der Waals surface area contributed by atoms with Crippen LogP contribution < -0.4 is 10.6 Å². The lowest BCUT2D eigenvalue weighted by molar-refractivity contribution is -0.137. The summed E-state index contributed by atoms with van der Waals surface area (Å²) in [6.45, 7) is 0.130. The summed E-state index contributed by atoms with van der Waals surface area (Å²) in [6, 6.07) is 13.9. The Labute approximate surface area is 164 Å². The molecule has 0 saturated heterocycles. The topological polar surface area (TPSA) is 86.9 Å². The van der Waals surface area contributed by atoms with E-state index in [0.29, 0.717) is 0 Å². The minimum Gasteiger partial charge on any atom is -0.347 e. The first kappa shape index (κ1) is 20.1. The first-order valence-corrected chi connectivity index (χ1v) is 8.64. The van der Waals surface area contributed by atoms with Crippen LogP contribution in [0.25, 0.3) is 0 Å². The van der Waals surface area contributed by atoms with Crippen LogP contribution in [0.1, 0.15) is 37.7 Å². The smallest absolute Gasteiger partial charge is 0.347 e. The van der Waals surface area contributed by atoms with Gasteiger partial charge in [0.15, 0.2) is 5.69 Å². The number of hydrogen-bond donors (Lipinski definition) is 3. The Morgan fingerprint density at radius 1 is 0.897 bits per heavy atom. The number of halogens is 3. The molecule has 0 bridgehead atoms. The van der Waals surface area contributed by atoms with Crippen LogP contribution in [0.3, 0.4) is 0 Å². The van der Waals surface area contributed by atoms with Crippen molar-refractivity contribution >= 4 is 11.8 Å². The van der Waals surface area contributed by atoms with E-state index < -0.39 is 23.6 Å². The van der Waals surface area contributed by atoms with Crippen molar-refractivity contribution in [3.8, 4) is 0 Å². The van der Waals surface area contributed by atoms with Gasteiger partial charge in [0.05, 0.1) is 11.9 Å². The number of rotatable bonds is 6. The number of aromatic nitrogens is 2. The van der Waals surface area contributed by atoms with Crippen LogP contribution in [0.5, 0.6) is 0 Å². The van der Waals surface area contributed by atoms with Crippen LogP contribution in [0, 0.1) is 0 Å². The molecular formula is C20H17F3N4O2. The van der Waals surface area contributed by atoms with E-state index in [9.17, 15) is 22.8 Å². The molecule has 0 aliphatic heterocycles. The number of carbonyl (C=O) groups is 2. The standard InChI is InChI=1S/C20H17F3N4O2/c21-20(22,23)15-8-4-7-14(9-15)11-25-19(29)17-16(26-12-27-17)18(28)24-10-13-5-2-1-3-6-13/h1-9,12H,10-11H2,(H,24,28)(H,25,29)(H,26,27). The van der Waals surface area contributed by atoms with Crippen LogP contribution in [0.2, 0.25) is 0 Å². The third-order valence-electron chi connectivity index (χ3n) is 4.08. The molecule has 2 amide bonds. The Hall–Kier alpha value is -3.62. The monoisotopic (exact) mass is 402 g/mol. The van der Waals surface area contributed by atoms with Crippen LogP contribution in [0.15, 0.2) is 60.9 Å². The second-order valence-corrected chi connectivity index (χ2v) is 6.18. The number of imidazole rings is 1. The van der Waals surface area contributed by atoms with Crippen LogP contribution in [-0.2, 0) is 19.3 Å². The van der Waals surface area contributed by atoms with Crippen molar-refractivity contribution in [1.82, 2.24) is 20.6 Å². The zero-order valence-corrected chi connectivity index (χ0v) is 15.1. The van der Waals surface area contributed by atoms with Crippen molar-refractivity contribution in [2.45, 2.75) is 19.3 Å². The van der Waals surface area contributed by atoms with Gasteiger partial charge in [0.2, 0.25) is 0 Å². The third-order valence-corrected chi connectivity index (χ3v) is 4.08. The lowest BCUT2D eigenvalue weighted by atomic mass is 10.1. The molecule has 2 aromatic carbocycles. The normalized spacial score (nSPS) is 11.1. The Bertz CT molecular complexity index is 1000. The largest absolute Gasteiger partial charge is 0.416 e. The number of H-pyrrole nitrogens is 1. The van der Waals surface area contributed by atoms with Crippen molar-refractivity contribution in [2.24, 2.45) is 0 Å². The van der Waals surface area contributed by atoms with Gasteiger partial charge in [0.1, 0.15) is 5.69 Å². The van der Waals surface area contributed by atoms with Crippen molar-refractivity contribution in [2.75, 3.05) is 0 Å². The summed E-state index contributed by atoms with van der Waals surface area (Å²) in [5, 5.41) is 5.16. The first-order chi connectivity index (χ1) is 13.8. The summed E-state index contributed by atoms with van der Waals surface area (Å²) in [6.07, 6.45) is -3.26. The van der Waals surface area contributed by atoms with Gasteiger partial charge < -0.3 is 15.6 Å². The fourth-order valence-electron chi connectivity index (χ4n) is 2.63. The molecule has 0 spiro atoms. The number of benzene rings is 2. The fourth-order valence-corrected chi connectivity index (χ4v) is 2.63. The highest BCUT2D eigenvalue weighted by atomic mass is 19.4. The summed E-state index contributed by atoms with van der Waals surface area (Å²) in [4.78, 5) is 31.2. The number of aromatic amines is 1. The van der Waals surface area contributed by atoms with Crippen LogP contribution in [-0.4, -0.2) is 21.8 Å². The number of nitrogens with one attached hydrogen (secondary N) is 3. The molecule has 0 radical (unpaired) electrons. The van der Waals surface area contributed by atoms with Crippen LogP contribution >= 0.6 is 0 Å². The van der Waals surface area contributed by atoms with E-state index in [4.69, 9.17) is 0 Å². The van der Waals surface area contributed by atoms with E-state index in [1.165, 1.54) is 18.5 Å². The summed E-state index contributed by atoms with van der Waals surface area (Å²) < 4.78 is 38.3. The summed E-state index contributed by atoms with van der Waals surface area (Å²) in [7, 11) is 0. The number of alkyl halides is 3. The van der Waals surface area contributed by atoms with E-state index in [-0.39, 0.29) is 30.0 Å². The Balaban J connectivity index is 1.62. The predicted octanol–water partition coefficient (Wildman–Crippen LogP) is 3.29. The maximum absolute atomic E-state index is 12.8. The van der Waals surface area contributed by atoms with E-state index in [1.807, 2.05) is 30.3 Å². The van der Waals surface area contributed by atoms with Crippen molar-refractivity contribution in [1.29, 1.82) is 0 Å². The molecule has 0 fully saturated rings. The second kappa shape index (κ2) is 8.59. The zero-order chi connectivity index (χ0) is 20.9. The van der Waals surface area contributed by atoms with Gasteiger partial charge in [0, 0.05) is 13.1 Å². The van der Waals surface area contributed by atoms with Gasteiger partial charge in [-0.25, -0.2) is 4.98 Å². The average Bonchev–Trinajstić information content (AvgIpc) is 3.21. The Morgan fingerprint density at radius 2 is 1.55 bits per heavy atom. The second-order valence-electron chi connectivity index (χ2n) is 6.18. The number of amides is 2. The molecule has 9 heteroatoms. The van der Waals surface area contributed by atoms with E-state index in [0.717, 1.165) is 17.7 Å². The van der Waals surface area contributed by atoms with Crippen molar-refractivity contribution in [3.63, 3.8) is 0 Å². The molecule has 1 heterocycles. The number of hydrogen-bond acceptors (Lipinski definition) is 3. The number of carbonyl (C=O) groups excluding carboxylic acids is 2. The average molecular weight is 402 g/mol. The van der Waals surface area contributed by atoms with Gasteiger partial charge in [0.25, 0.3) is 11.8 Å². The molecule has 0 atom stereocenters. The molecule has 0 aliphatic rings. The number of nitrogens with zero attached hydrogens (tertiary/aromatic N) is 1. The Kier molecular flexibility index (Phi) is 5.96. The lowest BCUT2D eigenvalue weighted by Crippen LogP contribution is -2.29. The molecular weight excluding hydrogens is 385 g/mol. The van der Waals surface area contributed by atoms with Crippen LogP contribution in [0.4, 0.5) is 13.2 Å². The summed E-state index contributed by atoms with van der Waals surface area (Å²) in [5.74, 6) is -1.19. The van der Waals surface area contributed by atoms with E-state index in [2.05, 4.69) is 20.6 Å². The minimum absolute atomic E-state index is 0.0671. The molecule has 29 heavy (non-hydrogen) atoms. The molecule has 0 saturated carbocycles. The Morgan fingerprint density at radius 3 is 2.28 bits per heavy atom. The third kappa shape index (κ3) is 5.22. The maximum Gasteiger partial charge on any atom is 0.416 e. The first-order valence-electron chi connectivity index (χ1n) is 8.64. The highest BCUT2D eigenvalue weighted by Crippen LogP contribution is 2.29. The molecule has 0 aliphatic carbocycles. The molecule has 150 valence electrons. The molecule has 3 rings (SSSR count). The molecule has 6 nitrogen and oxygen atoms in total. The SMILES string of the molecule is O=C(NCc1ccccc1)c1nc[nH]c1C(=O)NCc1cccc(C(F)(F)F)c1. The van der Waals surface area contributed by atoms with Gasteiger partial charge >= 0.3 is 6.18 Å². The minimum atomic E-state index is -4.46. The molecule has 3 N–H and O–H groups in total. The van der Waals surface area contributed by atoms with E-state index >= 15 is 0 Å². The van der Waals surface area contributed by atoms with Gasteiger partial charge in [-0.1, -0.05) is 42.5 Å². The zero-order valence-electron chi connectivity index (χ0n) is 15.1. The van der Waals surface area contributed by atoms with Gasteiger partial charge in [-0.15, -0.1) is 0 Å². The van der Waals surface area contributed by atoms with Crippen molar-refractivity contribution in [3.05, 3.63) is 89.0 Å². The predicted molar refractivity (Wildman–Crippen MR) is 98.8 cm³/mol. The van der Waals surface area contributed by atoms with Crippen molar-refractivity contribution < 1.29 is 22.8 Å². The van der Waals surface area contributed by atoms with Gasteiger partial charge in [-0.2, -0.15) is 13.2 Å². The van der Waals surface area contributed by atoms with E-state index in [1.54, 1.807) is 0 Å². The van der Waals surface area contributed by atoms with Gasteiger partial charge in [-0.3, -0.25) is 9.59 Å². The fraction of sp³-hybridized carbons (Fsp3) is 0.150. The maximum atomic E-state index is 12.8. The summed E-state index contributed by atoms with van der Waals surface area (Å²) >= 11 is 0. The highest BCUT2D eigenvalue weighted by molar-refractivity contribution is 6.04. The molecule has 0 unspecified atom stereocenters. The quantitative estimate of drug-likeness (QED) is 0.591. The molecule has 1 aromatic heterocycles. The lowest BCUT2D eigenvalue weighted by Gasteiger charge is -2.10. The molecule has 3 aromatic rings.